The summed E-state index contributed by atoms with van der Waals surface area (Å²) < 4.78 is 27.9. The van der Waals surface area contributed by atoms with E-state index in [1.807, 2.05) is 6.07 Å². The van der Waals surface area contributed by atoms with Crippen LogP contribution < -0.4 is 10.0 Å². The summed E-state index contributed by atoms with van der Waals surface area (Å²) in [6.07, 6.45) is 1.02. The topological polar surface area (TPSA) is 58.2 Å². The monoisotopic (exact) mass is 368 g/mol. The zero-order valence-electron chi connectivity index (χ0n) is 11.6. The Bertz CT molecular complexity index is 700. The van der Waals surface area contributed by atoms with Gasteiger partial charge in [0.15, 0.2) is 0 Å². The molecular formula is C15H17BrN2O2S. The second-order valence-corrected chi connectivity index (χ2v) is 7.07. The molecule has 0 saturated carbocycles. The molecule has 0 spiro atoms. The smallest absolute Gasteiger partial charge is 0.261 e. The third-order valence-electron chi connectivity index (χ3n) is 2.86. The van der Waals surface area contributed by atoms with E-state index in [1.165, 1.54) is 0 Å². The fourth-order valence-electron chi connectivity index (χ4n) is 1.77. The van der Waals surface area contributed by atoms with Crippen LogP contribution in [0.2, 0.25) is 0 Å². The Labute approximate surface area is 133 Å². The molecule has 2 aromatic carbocycles. The summed E-state index contributed by atoms with van der Waals surface area (Å²) in [6, 6.07) is 13.8. The highest BCUT2D eigenvalue weighted by Gasteiger charge is 2.15. The lowest BCUT2D eigenvalue weighted by Gasteiger charge is -2.10. The third kappa shape index (κ3) is 4.22. The first-order valence-corrected chi connectivity index (χ1v) is 8.92. The van der Waals surface area contributed by atoms with Crippen LogP contribution in [-0.2, 0) is 10.0 Å². The molecule has 2 rings (SSSR count). The van der Waals surface area contributed by atoms with Crippen LogP contribution in [0.3, 0.4) is 0 Å². The van der Waals surface area contributed by atoms with Crippen molar-refractivity contribution in [1.82, 2.24) is 0 Å². The van der Waals surface area contributed by atoms with Crippen molar-refractivity contribution in [3.63, 3.8) is 0 Å². The summed E-state index contributed by atoms with van der Waals surface area (Å²) in [4.78, 5) is 0.236. The minimum atomic E-state index is -3.58. The molecule has 0 heterocycles. The van der Waals surface area contributed by atoms with Crippen LogP contribution in [0.25, 0.3) is 0 Å². The predicted octanol–water partition coefficient (Wildman–Crippen LogP) is 4.07. The molecule has 6 heteroatoms. The number of halogens is 1. The summed E-state index contributed by atoms with van der Waals surface area (Å²) in [5.74, 6) is 0. The second-order valence-electron chi connectivity index (χ2n) is 4.54. The van der Waals surface area contributed by atoms with Crippen LogP contribution >= 0.6 is 15.9 Å². The molecule has 0 fully saturated rings. The number of para-hydroxylation sites is 1. The maximum Gasteiger partial charge on any atom is 0.261 e. The van der Waals surface area contributed by atoms with Gasteiger partial charge in [-0.3, -0.25) is 4.72 Å². The zero-order valence-corrected chi connectivity index (χ0v) is 14.0. The Morgan fingerprint density at radius 2 is 1.71 bits per heavy atom. The standard InChI is InChI=1S/C15H17BrN2O2S/c1-2-11-17-12-7-9-13(10-8-12)21(19,20)18-15-6-4-3-5-14(15)16/h3-10,17-18H,2,11H2,1H3. The quantitative estimate of drug-likeness (QED) is 0.807. The summed E-state index contributed by atoms with van der Waals surface area (Å²) in [5, 5.41) is 3.21. The van der Waals surface area contributed by atoms with Gasteiger partial charge in [-0.1, -0.05) is 19.1 Å². The SMILES string of the molecule is CCCNc1ccc(S(=O)(=O)Nc2ccccc2Br)cc1. The number of anilines is 2. The molecule has 4 nitrogen and oxygen atoms in total. The summed E-state index contributed by atoms with van der Waals surface area (Å²) in [6.45, 7) is 2.94. The van der Waals surface area contributed by atoms with Crippen molar-refractivity contribution in [3.8, 4) is 0 Å². The van der Waals surface area contributed by atoms with Crippen LogP contribution in [-0.4, -0.2) is 15.0 Å². The van der Waals surface area contributed by atoms with Gasteiger partial charge >= 0.3 is 0 Å². The van der Waals surface area contributed by atoms with Crippen molar-refractivity contribution >= 4 is 37.3 Å². The molecule has 0 aromatic heterocycles. The maximum absolute atomic E-state index is 12.3. The first-order chi connectivity index (χ1) is 10.0. The average Bonchev–Trinajstić information content (AvgIpc) is 2.48. The van der Waals surface area contributed by atoms with Gasteiger partial charge < -0.3 is 5.32 Å². The predicted molar refractivity (Wildman–Crippen MR) is 90.2 cm³/mol. The van der Waals surface area contributed by atoms with Crippen molar-refractivity contribution in [2.24, 2.45) is 0 Å². The fourth-order valence-corrected chi connectivity index (χ4v) is 3.36. The molecule has 0 amide bonds. The largest absolute Gasteiger partial charge is 0.385 e. The lowest BCUT2D eigenvalue weighted by atomic mass is 10.3. The summed E-state index contributed by atoms with van der Waals surface area (Å²) in [7, 11) is -3.58. The van der Waals surface area contributed by atoms with E-state index in [1.54, 1.807) is 42.5 Å². The summed E-state index contributed by atoms with van der Waals surface area (Å²) in [5.41, 5.74) is 1.43. The Morgan fingerprint density at radius 3 is 2.33 bits per heavy atom. The highest BCUT2D eigenvalue weighted by atomic mass is 79.9. The number of hydrogen-bond donors (Lipinski definition) is 2. The third-order valence-corrected chi connectivity index (χ3v) is 4.93. The van der Waals surface area contributed by atoms with Crippen LogP contribution in [0.15, 0.2) is 57.9 Å². The summed E-state index contributed by atoms with van der Waals surface area (Å²) >= 11 is 3.32. The molecule has 21 heavy (non-hydrogen) atoms. The number of nitrogens with one attached hydrogen (secondary N) is 2. The van der Waals surface area contributed by atoms with Crippen LogP contribution in [0, 0.1) is 0 Å². The number of benzene rings is 2. The van der Waals surface area contributed by atoms with Crippen LogP contribution in [0.5, 0.6) is 0 Å². The molecule has 0 unspecified atom stereocenters. The van der Waals surface area contributed by atoms with E-state index in [9.17, 15) is 8.42 Å². The fraction of sp³-hybridized carbons (Fsp3) is 0.200. The van der Waals surface area contributed by atoms with Crippen molar-refractivity contribution in [2.75, 3.05) is 16.6 Å². The van der Waals surface area contributed by atoms with Gasteiger partial charge in [-0.05, 0) is 58.7 Å². The van der Waals surface area contributed by atoms with Crippen molar-refractivity contribution in [3.05, 3.63) is 53.0 Å². The van der Waals surface area contributed by atoms with Crippen molar-refractivity contribution in [1.29, 1.82) is 0 Å². The van der Waals surface area contributed by atoms with Gasteiger partial charge in [0, 0.05) is 16.7 Å². The number of rotatable bonds is 6. The molecule has 2 aromatic rings. The van der Waals surface area contributed by atoms with Gasteiger partial charge in [-0.2, -0.15) is 0 Å². The number of hydrogen-bond acceptors (Lipinski definition) is 3. The molecule has 0 atom stereocenters. The first-order valence-electron chi connectivity index (χ1n) is 6.64. The van der Waals surface area contributed by atoms with Crippen molar-refractivity contribution < 1.29 is 8.42 Å². The van der Waals surface area contributed by atoms with E-state index in [-0.39, 0.29) is 4.90 Å². The normalized spacial score (nSPS) is 11.1. The Balaban J connectivity index is 2.18. The van der Waals surface area contributed by atoms with Gasteiger partial charge in [0.1, 0.15) is 0 Å². The minimum absolute atomic E-state index is 0.236. The average molecular weight is 369 g/mol. The zero-order chi connectivity index (χ0) is 15.3. The molecule has 0 aliphatic rings. The highest BCUT2D eigenvalue weighted by molar-refractivity contribution is 9.10. The van der Waals surface area contributed by atoms with Gasteiger partial charge in [-0.25, -0.2) is 8.42 Å². The molecule has 0 bridgehead atoms. The Kier molecular flexibility index (Phi) is 5.25. The maximum atomic E-state index is 12.3. The van der Waals surface area contributed by atoms with Crippen molar-refractivity contribution in [2.45, 2.75) is 18.2 Å². The van der Waals surface area contributed by atoms with E-state index in [0.29, 0.717) is 10.2 Å². The molecule has 0 saturated heterocycles. The van der Waals surface area contributed by atoms with Gasteiger partial charge in [0.2, 0.25) is 0 Å². The Morgan fingerprint density at radius 1 is 1.05 bits per heavy atom. The van der Waals surface area contributed by atoms with E-state index in [2.05, 4.69) is 32.9 Å². The van der Waals surface area contributed by atoms with E-state index in [4.69, 9.17) is 0 Å². The molecule has 2 N–H and O–H groups in total. The molecule has 0 radical (unpaired) electrons. The lowest BCUT2D eigenvalue weighted by molar-refractivity contribution is 0.601. The molecular weight excluding hydrogens is 352 g/mol. The molecule has 112 valence electrons. The van der Waals surface area contributed by atoms with Crippen LogP contribution in [0.1, 0.15) is 13.3 Å². The minimum Gasteiger partial charge on any atom is -0.385 e. The Hall–Kier alpha value is -1.53. The lowest BCUT2D eigenvalue weighted by Crippen LogP contribution is -2.13. The highest BCUT2D eigenvalue weighted by Crippen LogP contribution is 2.24. The molecule has 0 aliphatic heterocycles. The first kappa shape index (κ1) is 15.9. The molecule has 0 aliphatic carbocycles. The van der Waals surface area contributed by atoms with Gasteiger partial charge in [-0.15, -0.1) is 0 Å². The van der Waals surface area contributed by atoms with Gasteiger partial charge in [0.25, 0.3) is 10.0 Å². The van der Waals surface area contributed by atoms with E-state index < -0.39 is 10.0 Å². The van der Waals surface area contributed by atoms with E-state index >= 15 is 0 Å². The van der Waals surface area contributed by atoms with E-state index in [0.717, 1.165) is 18.7 Å². The van der Waals surface area contributed by atoms with Crippen LogP contribution in [0.4, 0.5) is 11.4 Å². The number of sulfonamides is 1. The van der Waals surface area contributed by atoms with Gasteiger partial charge in [0.05, 0.1) is 10.6 Å². The second kappa shape index (κ2) is 6.95.